The van der Waals surface area contributed by atoms with Crippen LogP contribution in [0.1, 0.15) is 20.2 Å². The molecule has 0 saturated carbocycles. The van der Waals surface area contributed by atoms with Gasteiger partial charge in [-0.2, -0.15) is 0 Å². The predicted molar refractivity (Wildman–Crippen MR) is 78.4 cm³/mol. The summed E-state index contributed by atoms with van der Waals surface area (Å²) >= 11 is 1.44. The van der Waals surface area contributed by atoms with Crippen molar-refractivity contribution in [2.24, 2.45) is 0 Å². The van der Waals surface area contributed by atoms with Crippen LogP contribution in [0.15, 0.2) is 30.5 Å². The molecule has 4 nitrogen and oxygen atoms in total. The molecule has 0 bridgehead atoms. The zero-order valence-corrected chi connectivity index (χ0v) is 11.9. The molecule has 2 aromatic rings. The number of likely N-dealkylation sites (N-methyl/N-ethyl adjacent to an activating group) is 1. The zero-order valence-electron chi connectivity index (χ0n) is 11.1. The Morgan fingerprint density at radius 3 is 2.84 bits per heavy atom. The minimum Gasteiger partial charge on any atom is -0.398 e. The van der Waals surface area contributed by atoms with E-state index in [2.05, 4.69) is 4.98 Å². The first-order valence-electron chi connectivity index (χ1n) is 6.09. The molecule has 100 valence electrons. The van der Waals surface area contributed by atoms with Gasteiger partial charge in [0, 0.05) is 42.5 Å². The summed E-state index contributed by atoms with van der Waals surface area (Å²) < 4.78 is 0. The van der Waals surface area contributed by atoms with Gasteiger partial charge in [0.2, 0.25) is 0 Å². The number of carbonyl (C=O) groups is 1. The maximum atomic E-state index is 12.2. The lowest BCUT2D eigenvalue weighted by atomic mass is 10.2. The van der Waals surface area contributed by atoms with Crippen molar-refractivity contribution in [2.75, 3.05) is 19.3 Å². The van der Waals surface area contributed by atoms with Crippen molar-refractivity contribution in [2.45, 2.75) is 13.3 Å². The second-order valence-electron chi connectivity index (χ2n) is 4.42. The monoisotopic (exact) mass is 275 g/mol. The summed E-state index contributed by atoms with van der Waals surface area (Å²) in [5.41, 5.74) is 7.45. The normalized spacial score (nSPS) is 10.4. The molecule has 0 unspecified atom stereocenters. The van der Waals surface area contributed by atoms with Crippen LogP contribution in [0.4, 0.5) is 5.69 Å². The Hall–Kier alpha value is -1.88. The molecule has 2 N–H and O–H groups in total. The molecule has 0 aliphatic carbocycles. The second kappa shape index (κ2) is 5.84. The zero-order chi connectivity index (χ0) is 13.8. The Morgan fingerprint density at radius 2 is 2.26 bits per heavy atom. The summed E-state index contributed by atoms with van der Waals surface area (Å²) in [6, 6.07) is 7.55. The summed E-state index contributed by atoms with van der Waals surface area (Å²) in [7, 11) is 1.80. The SMILES string of the molecule is Cc1sc(C(=O)N(C)CCc2ccccn2)cc1N. The second-order valence-corrected chi connectivity index (χ2v) is 5.68. The van der Waals surface area contributed by atoms with E-state index in [1.807, 2.05) is 25.1 Å². The number of carbonyl (C=O) groups excluding carboxylic acids is 1. The van der Waals surface area contributed by atoms with E-state index in [9.17, 15) is 4.79 Å². The smallest absolute Gasteiger partial charge is 0.263 e. The predicted octanol–water partition coefficient (Wildman–Crippen LogP) is 2.35. The van der Waals surface area contributed by atoms with Crippen LogP contribution in [0.5, 0.6) is 0 Å². The van der Waals surface area contributed by atoms with Crippen molar-refractivity contribution >= 4 is 22.9 Å². The van der Waals surface area contributed by atoms with Crippen LogP contribution < -0.4 is 5.73 Å². The molecule has 0 atom stereocenters. The van der Waals surface area contributed by atoms with E-state index in [0.29, 0.717) is 17.1 Å². The molecule has 0 radical (unpaired) electrons. The molecule has 1 amide bonds. The number of thiophene rings is 1. The maximum absolute atomic E-state index is 12.2. The molecular weight excluding hydrogens is 258 g/mol. The number of hydrogen-bond donors (Lipinski definition) is 1. The molecule has 2 aromatic heterocycles. The summed E-state index contributed by atoms with van der Waals surface area (Å²) in [6.45, 7) is 2.57. The van der Waals surface area contributed by atoms with Crippen LogP contribution in [0.3, 0.4) is 0 Å². The number of hydrogen-bond acceptors (Lipinski definition) is 4. The van der Waals surface area contributed by atoms with Gasteiger partial charge in [-0.05, 0) is 25.1 Å². The number of aromatic nitrogens is 1. The number of pyridine rings is 1. The first-order chi connectivity index (χ1) is 9.08. The molecule has 0 saturated heterocycles. The van der Waals surface area contributed by atoms with Crippen molar-refractivity contribution in [3.63, 3.8) is 0 Å². The topological polar surface area (TPSA) is 59.2 Å². The molecule has 0 aromatic carbocycles. The Morgan fingerprint density at radius 1 is 1.47 bits per heavy atom. The fourth-order valence-corrected chi connectivity index (χ4v) is 2.66. The van der Waals surface area contributed by atoms with E-state index in [1.165, 1.54) is 11.3 Å². The fraction of sp³-hybridized carbons (Fsp3) is 0.286. The van der Waals surface area contributed by atoms with Gasteiger partial charge in [-0.1, -0.05) is 6.07 Å². The lowest BCUT2D eigenvalue weighted by Gasteiger charge is -2.15. The number of nitrogens with two attached hydrogens (primary N) is 1. The van der Waals surface area contributed by atoms with Crippen molar-refractivity contribution < 1.29 is 4.79 Å². The van der Waals surface area contributed by atoms with Gasteiger partial charge in [0.15, 0.2) is 0 Å². The Bertz CT molecular complexity index is 546. The molecule has 2 heterocycles. The van der Waals surface area contributed by atoms with Gasteiger partial charge < -0.3 is 10.6 Å². The minimum atomic E-state index is 0.0146. The fourth-order valence-electron chi connectivity index (χ4n) is 1.72. The Labute approximate surface area is 116 Å². The number of nitrogens with zero attached hydrogens (tertiary/aromatic N) is 2. The highest BCUT2D eigenvalue weighted by Gasteiger charge is 2.15. The lowest BCUT2D eigenvalue weighted by molar-refractivity contribution is 0.0801. The first kappa shape index (κ1) is 13.5. The molecule has 19 heavy (non-hydrogen) atoms. The van der Waals surface area contributed by atoms with E-state index in [0.717, 1.165) is 17.0 Å². The largest absolute Gasteiger partial charge is 0.398 e. The summed E-state index contributed by atoms with van der Waals surface area (Å²) in [5.74, 6) is 0.0146. The van der Waals surface area contributed by atoms with Crippen LogP contribution in [0, 0.1) is 6.92 Å². The number of amides is 1. The molecule has 0 aliphatic rings. The van der Waals surface area contributed by atoms with Gasteiger partial charge in [-0.25, -0.2) is 0 Å². The standard InChI is InChI=1S/C14H17N3OS/c1-10-12(15)9-13(19-10)14(18)17(2)8-6-11-5-3-4-7-16-11/h3-5,7,9H,6,8,15H2,1-2H3. The Kier molecular flexibility index (Phi) is 4.16. The third kappa shape index (κ3) is 3.32. The Balaban J connectivity index is 1.96. The van der Waals surface area contributed by atoms with E-state index in [4.69, 9.17) is 5.73 Å². The van der Waals surface area contributed by atoms with Crippen LogP contribution >= 0.6 is 11.3 Å². The van der Waals surface area contributed by atoms with Gasteiger partial charge in [0.05, 0.1) is 4.88 Å². The molecule has 0 fully saturated rings. The van der Waals surface area contributed by atoms with E-state index >= 15 is 0 Å². The van der Waals surface area contributed by atoms with Crippen molar-refractivity contribution in [1.29, 1.82) is 0 Å². The van der Waals surface area contributed by atoms with Crippen LogP contribution in [-0.2, 0) is 6.42 Å². The van der Waals surface area contributed by atoms with Crippen molar-refractivity contribution in [1.82, 2.24) is 9.88 Å². The summed E-state index contributed by atoms with van der Waals surface area (Å²) in [5, 5.41) is 0. The van der Waals surface area contributed by atoms with Gasteiger partial charge in [-0.3, -0.25) is 9.78 Å². The van der Waals surface area contributed by atoms with Gasteiger partial charge in [0.1, 0.15) is 0 Å². The van der Waals surface area contributed by atoms with Crippen LogP contribution in [0.25, 0.3) is 0 Å². The highest BCUT2D eigenvalue weighted by Crippen LogP contribution is 2.24. The van der Waals surface area contributed by atoms with Gasteiger partial charge in [0.25, 0.3) is 5.91 Å². The first-order valence-corrected chi connectivity index (χ1v) is 6.91. The summed E-state index contributed by atoms with van der Waals surface area (Å²) in [6.07, 6.45) is 2.52. The van der Waals surface area contributed by atoms with E-state index in [-0.39, 0.29) is 5.91 Å². The number of anilines is 1. The molecule has 2 rings (SSSR count). The average Bonchev–Trinajstić information content (AvgIpc) is 2.76. The highest BCUT2D eigenvalue weighted by atomic mass is 32.1. The van der Waals surface area contributed by atoms with E-state index in [1.54, 1.807) is 24.2 Å². The third-order valence-corrected chi connectivity index (χ3v) is 4.00. The van der Waals surface area contributed by atoms with Crippen molar-refractivity contribution in [3.8, 4) is 0 Å². The molecule has 5 heteroatoms. The van der Waals surface area contributed by atoms with Crippen LogP contribution in [0.2, 0.25) is 0 Å². The molecule has 0 spiro atoms. The lowest BCUT2D eigenvalue weighted by Crippen LogP contribution is -2.28. The molecule has 0 aliphatic heterocycles. The third-order valence-electron chi connectivity index (χ3n) is 2.94. The quantitative estimate of drug-likeness (QED) is 0.931. The van der Waals surface area contributed by atoms with Crippen molar-refractivity contribution in [3.05, 3.63) is 45.9 Å². The van der Waals surface area contributed by atoms with Gasteiger partial charge >= 0.3 is 0 Å². The minimum absolute atomic E-state index is 0.0146. The molecular formula is C14H17N3OS. The van der Waals surface area contributed by atoms with Gasteiger partial charge in [-0.15, -0.1) is 11.3 Å². The van der Waals surface area contributed by atoms with Crippen LogP contribution in [-0.4, -0.2) is 29.4 Å². The number of aryl methyl sites for hydroxylation is 1. The number of nitrogen functional groups attached to an aromatic ring is 1. The number of rotatable bonds is 4. The highest BCUT2D eigenvalue weighted by molar-refractivity contribution is 7.14. The summed E-state index contributed by atoms with van der Waals surface area (Å²) in [4.78, 5) is 19.8. The maximum Gasteiger partial charge on any atom is 0.263 e. The van der Waals surface area contributed by atoms with E-state index < -0.39 is 0 Å². The average molecular weight is 275 g/mol.